The van der Waals surface area contributed by atoms with E-state index in [0.717, 1.165) is 25.7 Å². The number of rotatable bonds is 8. The maximum Gasteiger partial charge on any atom is 0.255 e. The Hall–Kier alpha value is -3.50. The van der Waals surface area contributed by atoms with E-state index in [9.17, 15) is 18.0 Å². The molecule has 0 saturated carbocycles. The van der Waals surface area contributed by atoms with Crippen molar-refractivity contribution in [2.75, 3.05) is 23.7 Å². The van der Waals surface area contributed by atoms with Gasteiger partial charge in [-0.1, -0.05) is 25.0 Å². The van der Waals surface area contributed by atoms with E-state index >= 15 is 0 Å². The molecule has 0 atom stereocenters. The van der Waals surface area contributed by atoms with Gasteiger partial charge in [0.2, 0.25) is 15.9 Å². The number of aryl methyl sites for hydroxylation is 1. The van der Waals surface area contributed by atoms with Crippen molar-refractivity contribution >= 4 is 33.2 Å². The first kappa shape index (κ1) is 24.6. The summed E-state index contributed by atoms with van der Waals surface area (Å²) in [5.41, 5.74) is 1.24. The van der Waals surface area contributed by atoms with Crippen LogP contribution in [0, 0.1) is 0 Å². The molecule has 1 aliphatic rings. The zero-order valence-electron chi connectivity index (χ0n) is 19.4. The molecule has 0 radical (unpaired) electrons. The fourth-order valence-corrected chi connectivity index (χ4v) is 5.54. The number of amides is 2. The maximum atomic E-state index is 13.1. The lowest BCUT2D eigenvalue weighted by Crippen LogP contribution is -2.32. The molecule has 0 unspecified atom stereocenters. The van der Waals surface area contributed by atoms with E-state index in [4.69, 9.17) is 0 Å². The van der Waals surface area contributed by atoms with Crippen molar-refractivity contribution in [3.63, 3.8) is 0 Å². The molecule has 2 heterocycles. The summed E-state index contributed by atoms with van der Waals surface area (Å²) in [5, 5.41) is 5.56. The van der Waals surface area contributed by atoms with Crippen LogP contribution in [0.4, 0.5) is 11.4 Å². The van der Waals surface area contributed by atoms with E-state index in [2.05, 4.69) is 15.6 Å². The zero-order valence-corrected chi connectivity index (χ0v) is 20.2. The number of nitrogens with one attached hydrogen (secondary N) is 2. The second-order valence-corrected chi connectivity index (χ2v) is 10.4. The van der Waals surface area contributed by atoms with Crippen molar-refractivity contribution in [3.05, 3.63) is 72.8 Å². The first-order valence-corrected chi connectivity index (χ1v) is 13.1. The summed E-state index contributed by atoms with van der Waals surface area (Å²) in [6, 6.07) is 12.9. The van der Waals surface area contributed by atoms with Crippen LogP contribution >= 0.6 is 0 Å². The number of hydrogen-bond acceptors (Lipinski definition) is 5. The first-order valence-electron chi connectivity index (χ1n) is 11.7. The summed E-state index contributed by atoms with van der Waals surface area (Å²) in [6.07, 6.45) is 9.13. The standard InChI is InChI=1S/C25H29N5O4S/c31-24(11-15-29-16-12-26-19-29)27-21-8-5-7-20(17-21)25(32)28-22-9-6-10-23(18-22)35(33,34)30-13-3-1-2-4-14-30/h5-10,12,16-19H,1-4,11,13-15H2,(H,27,31)(H,28,32). The molecule has 2 amide bonds. The third-order valence-electron chi connectivity index (χ3n) is 5.86. The molecule has 35 heavy (non-hydrogen) atoms. The van der Waals surface area contributed by atoms with Gasteiger partial charge < -0.3 is 15.2 Å². The molecule has 10 heteroatoms. The van der Waals surface area contributed by atoms with Crippen LogP contribution in [-0.4, -0.2) is 47.2 Å². The van der Waals surface area contributed by atoms with Crippen LogP contribution in [0.2, 0.25) is 0 Å². The van der Waals surface area contributed by atoms with E-state index in [0.29, 0.717) is 36.6 Å². The van der Waals surface area contributed by atoms with Gasteiger partial charge in [-0.2, -0.15) is 4.31 Å². The predicted octanol–water partition coefficient (Wildman–Crippen LogP) is 3.73. The molecule has 9 nitrogen and oxygen atoms in total. The van der Waals surface area contributed by atoms with Gasteiger partial charge in [-0.25, -0.2) is 13.4 Å². The quantitative estimate of drug-likeness (QED) is 0.494. The average molecular weight is 496 g/mol. The Morgan fingerprint density at radius 1 is 0.914 bits per heavy atom. The van der Waals surface area contributed by atoms with Gasteiger partial charge in [-0.05, 0) is 49.2 Å². The molecule has 1 aliphatic heterocycles. The molecule has 1 saturated heterocycles. The van der Waals surface area contributed by atoms with Crippen molar-refractivity contribution in [2.45, 2.75) is 43.5 Å². The topological polar surface area (TPSA) is 113 Å². The van der Waals surface area contributed by atoms with Crippen molar-refractivity contribution < 1.29 is 18.0 Å². The average Bonchev–Trinajstić information content (AvgIpc) is 3.22. The minimum atomic E-state index is -3.62. The normalized spacial score (nSPS) is 14.7. The van der Waals surface area contributed by atoms with Gasteiger partial charge in [0.05, 0.1) is 11.2 Å². The van der Waals surface area contributed by atoms with Crippen molar-refractivity contribution in [2.24, 2.45) is 0 Å². The molecule has 3 aromatic rings. The Morgan fingerprint density at radius 3 is 2.34 bits per heavy atom. The highest BCUT2D eigenvalue weighted by atomic mass is 32.2. The summed E-state index contributed by atoms with van der Waals surface area (Å²) in [7, 11) is -3.62. The summed E-state index contributed by atoms with van der Waals surface area (Å²) < 4.78 is 29.5. The fourth-order valence-electron chi connectivity index (χ4n) is 3.98. The number of hydrogen-bond donors (Lipinski definition) is 2. The first-order chi connectivity index (χ1) is 16.9. The monoisotopic (exact) mass is 495 g/mol. The molecule has 0 spiro atoms. The van der Waals surface area contributed by atoms with E-state index in [1.807, 2.05) is 4.57 Å². The second kappa shape index (κ2) is 11.3. The largest absolute Gasteiger partial charge is 0.337 e. The molecule has 2 aromatic carbocycles. The summed E-state index contributed by atoms with van der Waals surface area (Å²) >= 11 is 0. The summed E-state index contributed by atoms with van der Waals surface area (Å²) in [5.74, 6) is -0.577. The van der Waals surface area contributed by atoms with Gasteiger partial charge >= 0.3 is 0 Å². The minimum absolute atomic E-state index is 0.163. The number of carbonyl (C=O) groups excluding carboxylic acids is 2. The highest BCUT2D eigenvalue weighted by Gasteiger charge is 2.25. The number of aromatic nitrogens is 2. The van der Waals surface area contributed by atoms with Gasteiger partial charge in [-0.15, -0.1) is 0 Å². The number of sulfonamides is 1. The van der Waals surface area contributed by atoms with Crippen LogP contribution in [0.15, 0.2) is 72.1 Å². The number of benzene rings is 2. The van der Waals surface area contributed by atoms with E-state index in [1.165, 1.54) is 10.4 Å². The Labute approximate surface area is 205 Å². The van der Waals surface area contributed by atoms with E-state index in [1.54, 1.807) is 61.2 Å². The van der Waals surface area contributed by atoms with Crippen molar-refractivity contribution in [1.29, 1.82) is 0 Å². The van der Waals surface area contributed by atoms with Crippen LogP contribution in [0.5, 0.6) is 0 Å². The van der Waals surface area contributed by atoms with Crippen LogP contribution in [0.1, 0.15) is 42.5 Å². The molecule has 2 N–H and O–H groups in total. The van der Waals surface area contributed by atoms with Gasteiger partial charge in [-0.3, -0.25) is 9.59 Å². The van der Waals surface area contributed by atoms with Crippen LogP contribution in [-0.2, 0) is 21.4 Å². The second-order valence-electron chi connectivity index (χ2n) is 8.48. The number of anilines is 2. The number of carbonyl (C=O) groups is 2. The predicted molar refractivity (Wildman–Crippen MR) is 134 cm³/mol. The fraction of sp³-hybridized carbons (Fsp3) is 0.320. The van der Waals surface area contributed by atoms with Crippen LogP contribution in [0.3, 0.4) is 0 Å². The third-order valence-corrected chi connectivity index (χ3v) is 7.75. The molecular weight excluding hydrogens is 466 g/mol. The Kier molecular flexibility index (Phi) is 7.94. The third kappa shape index (κ3) is 6.55. The Bertz CT molecular complexity index is 1270. The highest BCUT2D eigenvalue weighted by molar-refractivity contribution is 7.89. The van der Waals surface area contributed by atoms with Gasteiger partial charge in [0.25, 0.3) is 5.91 Å². The molecule has 1 aromatic heterocycles. The SMILES string of the molecule is O=C(CCn1ccnc1)Nc1cccc(C(=O)Nc2cccc(S(=O)(=O)N3CCCCCC3)c2)c1. The summed E-state index contributed by atoms with van der Waals surface area (Å²) in [6.45, 7) is 1.53. The number of nitrogens with zero attached hydrogens (tertiary/aromatic N) is 3. The molecule has 0 bridgehead atoms. The zero-order chi connectivity index (χ0) is 24.7. The van der Waals surface area contributed by atoms with Crippen LogP contribution < -0.4 is 10.6 Å². The van der Waals surface area contributed by atoms with E-state index < -0.39 is 15.9 Å². The van der Waals surface area contributed by atoms with Crippen molar-refractivity contribution in [1.82, 2.24) is 13.9 Å². The molecule has 1 fully saturated rings. The number of imidazole rings is 1. The minimum Gasteiger partial charge on any atom is -0.337 e. The van der Waals surface area contributed by atoms with Crippen LogP contribution in [0.25, 0.3) is 0 Å². The smallest absolute Gasteiger partial charge is 0.255 e. The van der Waals surface area contributed by atoms with Gasteiger partial charge in [0, 0.05) is 55.4 Å². The molecular formula is C25H29N5O4S. The summed E-state index contributed by atoms with van der Waals surface area (Å²) in [4.78, 5) is 29.2. The Morgan fingerprint density at radius 2 is 1.63 bits per heavy atom. The molecule has 184 valence electrons. The molecule has 4 rings (SSSR count). The van der Waals surface area contributed by atoms with Gasteiger partial charge in [0.1, 0.15) is 0 Å². The maximum absolute atomic E-state index is 13.1. The highest BCUT2D eigenvalue weighted by Crippen LogP contribution is 2.23. The van der Waals surface area contributed by atoms with E-state index in [-0.39, 0.29) is 17.2 Å². The lowest BCUT2D eigenvalue weighted by atomic mass is 10.1. The van der Waals surface area contributed by atoms with Gasteiger partial charge in [0.15, 0.2) is 0 Å². The lowest BCUT2D eigenvalue weighted by Gasteiger charge is -2.20. The van der Waals surface area contributed by atoms with Crippen molar-refractivity contribution in [3.8, 4) is 0 Å². The molecule has 0 aliphatic carbocycles. The Balaban J connectivity index is 1.40. The lowest BCUT2D eigenvalue weighted by molar-refractivity contribution is -0.116.